The standard InChI is InChI=1S/C26H17F4N5O2S.C14H11N3O4S/c27-16-5-3-14(8-18(16)29)12-31-25(36)21-10-22(26(37)32-13-15-4-6-17(28)19(30)9-15)35-24(33-21)11-20(34-35)23-2-1-7-38-23;1-20-13(18)9-6-10(14(19)21-2)17-12(15-9)7-8(16-17)11-4-3-5-22-11/h1-11H,12-13H2,(H,31,36)(H,32,37);3-7H,1-2H3. The molecule has 6 heterocycles. The third kappa shape index (κ3) is 8.88. The average molecular weight is 857 g/mol. The zero-order chi connectivity index (χ0) is 42.5. The Balaban J connectivity index is 0.000000210. The first kappa shape index (κ1) is 40.9. The second-order valence-corrected chi connectivity index (χ2v) is 14.3. The molecule has 0 saturated heterocycles. The Morgan fingerprint density at radius 1 is 0.583 bits per heavy atom. The number of aromatic nitrogens is 6. The molecule has 0 spiro atoms. The summed E-state index contributed by atoms with van der Waals surface area (Å²) >= 11 is 2.94. The summed E-state index contributed by atoms with van der Waals surface area (Å²) in [5.74, 6) is -6.65. The maximum atomic E-state index is 13.6. The number of hydrogen-bond donors (Lipinski definition) is 2. The molecule has 14 nitrogen and oxygen atoms in total. The van der Waals surface area contributed by atoms with Crippen molar-refractivity contribution < 1.29 is 46.2 Å². The van der Waals surface area contributed by atoms with Crippen LogP contribution in [0, 0.1) is 23.3 Å². The van der Waals surface area contributed by atoms with E-state index in [-0.39, 0.29) is 41.5 Å². The maximum absolute atomic E-state index is 13.6. The van der Waals surface area contributed by atoms with Gasteiger partial charge < -0.3 is 20.1 Å². The Bertz CT molecular complexity index is 2900. The van der Waals surface area contributed by atoms with Crippen LogP contribution in [0.1, 0.15) is 53.1 Å². The normalized spacial score (nSPS) is 10.9. The number of nitrogens with zero attached hydrogens (tertiary/aromatic N) is 6. The van der Waals surface area contributed by atoms with Crippen LogP contribution in [-0.4, -0.2) is 67.2 Å². The van der Waals surface area contributed by atoms with E-state index in [0.29, 0.717) is 28.2 Å². The summed E-state index contributed by atoms with van der Waals surface area (Å²) in [6.45, 7) is -0.225. The third-order valence-electron chi connectivity index (χ3n) is 8.53. The van der Waals surface area contributed by atoms with Gasteiger partial charge in [0.15, 0.2) is 46.0 Å². The molecule has 2 aromatic carbocycles. The fourth-order valence-corrected chi connectivity index (χ4v) is 6.98. The molecule has 20 heteroatoms. The van der Waals surface area contributed by atoms with Gasteiger partial charge in [-0.3, -0.25) is 9.59 Å². The molecule has 2 amide bonds. The first-order valence-corrected chi connectivity index (χ1v) is 19.2. The van der Waals surface area contributed by atoms with Gasteiger partial charge in [-0.15, -0.1) is 22.7 Å². The van der Waals surface area contributed by atoms with Gasteiger partial charge in [-0.25, -0.2) is 46.1 Å². The van der Waals surface area contributed by atoms with Crippen LogP contribution >= 0.6 is 22.7 Å². The predicted molar refractivity (Wildman–Crippen MR) is 210 cm³/mol. The molecule has 8 rings (SSSR count). The zero-order valence-electron chi connectivity index (χ0n) is 31.1. The third-order valence-corrected chi connectivity index (χ3v) is 10.3. The van der Waals surface area contributed by atoms with E-state index in [2.05, 4.69) is 35.5 Å². The summed E-state index contributed by atoms with van der Waals surface area (Å²) in [5, 5.41) is 17.8. The number of hydrogen-bond acceptors (Lipinski definition) is 12. The first-order chi connectivity index (χ1) is 28.9. The van der Waals surface area contributed by atoms with Gasteiger partial charge in [0.1, 0.15) is 22.8 Å². The number of halogens is 4. The van der Waals surface area contributed by atoms with Gasteiger partial charge in [-0.1, -0.05) is 24.3 Å². The molecule has 0 bridgehead atoms. The van der Waals surface area contributed by atoms with E-state index < -0.39 is 47.0 Å². The Morgan fingerprint density at radius 3 is 1.55 bits per heavy atom. The SMILES string of the molecule is COC(=O)c1cc(C(=O)OC)n2nc(-c3cccs3)cc2n1.O=C(NCc1ccc(F)c(F)c1)c1cc(C(=O)NCc2ccc(F)c(F)c2)n2nc(-c3cccs3)cc2n1. The fourth-order valence-electron chi connectivity index (χ4n) is 5.62. The van der Waals surface area contributed by atoms with Crippen LogP contribution in [0.3, 0.4) is 0 Å². The van der Waals surface area contributed by atoms with Crippen LogP contribution < -0.4 is 10.6 Å². The smallest absolute Gasteiger partial charge is 0.356 e. The Kier molecular flexibility index (Phi) is 12.0. The summed E-state index contributed by atoms with van der Waals surface area (Å²) in [7, 11) is 2.51. The number of carbonyl (C=O) groups excluding carboxylic acids is 4. The molecule has 8 aromatic rings. The Hall–Kier alpha value is -7.32. The van der Waals surface area contributed by atoms with Crippen LogP contribution in [0.15, 0.2) is 95.7 Å². The van der Waals surface area contributed by atoms with Crippen molar-refractivity contribution >= 4 is 57.7 Å². The molecule has 0 aliphatic rings. The number of benzene rings is 2. The summed E-state index contributed by atoms with van der Waals surface area (Å²) in [4.78, 5) is 59.9. The van der Waals surface area contributed by atoms with E-state index in [9.17, 15) is 36.7 Å². The minimum Gasteiger partial charge on any atom is -0.464 e. The van der Waals surface area contributed by atoms with Gasteiger partial charge >= 0.3 is 11.9 Å². The molecular weight excluding hydrogens is 829 g/mol. The molecule has 0 radical (unpaired) electrons. The molecule has 304 valence electrons. The van der Waals surface area contributed by atoms with Gasteiger partial charge in [0.25, 0.3) is 11.8 Å². The number of methoxy groups -OCH3 is 2. The number of fused-ring (bicyclic) bond motifs is 2. The Morgan fingerprint density at radius 2 is 1.07 bits per heavy atom. The van der Waals surface area contributed by atoms with Crippen LogP contribution in [-0.2, 0) is 22.6 Å². The second kappa shape index (κ2) is 17.7. The average Bonchev–Trinajstić information content (AvgIpc) is 4.10. The largest absolute Gasteiger partial charge is 0.464 e. The molecule has 0 unspecified atom stereocenters. The summed E-state index contributed by atoms with van der Waals surface area (Å²) < 4.78 is 65.5. The lowest BCUT2D eigenvalue weighted by molar-refractivity contribution is 0.0587. The first-order valence-electron chi connectivity index (χ1n) is 17.4. The van der Waals surface area contributed by atoms with Crippen LogP contribution in [0.5, 0.6) is 0 Å². The van der Waals surface area contributed by atoms with E-state index in [4.69, 9.17) is 4.74 Å². The molecule has 0 saturated carbocycles. The summed E-state index contributed by atoms with van der Waals surface area (Å²) in [6.07, 6.45) is 0. The quantitative estimate of drug-likeness (QED) is 0.109. The monoisotopic (exact) mass is 856 g/mol. The number of nitrogens with one attached hydrogen (secondary N) is 2. The van der Waals surface area contributed by atoms with Gasteiger partial charge in [-0.2, -0.15) is 10.2 Å². The van der Waals surface area contributed by atoms with Crippen molar-refractivity contribution in [3.05, 3.63) is 153 Å². The summed E-state index contributed by atoms with van der Waals surface area (Å²) in [6, 6.07) is 19.8. The molecule has 0 atom stereocenters. The number of rotatable bonds is 10. The highest BCUT2D eigenvalue weighted by Crippen LogP contribution is 2.26. The van der Waals surface area contributed by atoms with Crippen molar-refractivity contribution in [3.8, 4) is 21.1 Å². The van der Waals surface area contributed by atoms with Gasteiger partial charge in [0, 0.05) is 37.4 Å². The predicted octanol–water partition coefficient (Wildman–Crippen LogP) is 6.91. The molecular formula is C40H28F4N8O6S2. The summed E-state index contributed by atoms with van der Waals surface area (Å²) in [5.41, 5.74) is 2.41. The van der Waals surface area contributed by atoms with Gasteiger partial charge in [0.05, 0.1) is 24.0 Å². The number of carbonyl (C=O) groups is 4. The lowest BCUT2D eigenvalue weighted by atomic mass is 10.2. The lowest BCUT2D eigenvalue weighted by Crippen LogP contribution is -2.28. The molecule has 0 fully saturated rings. The highest BCUT2D eigenvalue weighted by molar-refractivity contribution is 7.13. The minimum atomic E-state index is -1.05. The van der Waals surface area contributed by atoms with Gasteiger partial charge in [0.2, 0.25) is 0 Å². The highest BCUT2D eigenvalue weighted by Gasteiger charge is 2.22. The maximum Gasteiger partial charge on any atom is 0.356 e. The molecule has 60 heavy (non-hydrogen) atoms. The Labute approximate surface area is 344 Å². The topological polar surface area (TPSA) is 171 Å². The molecule has 2 N–H and O–H groups in total. The van der Waals surface area contributed by atoms with Crippen molar-refractivity contribution in [2.45, 2.75) is 13.1 Å². The van der Waals surface area contributed by atoms with Crippen molar-refractivity contribution in [3.63, 3.8) is 0 Å². The van der Waals surface area contributed by atoms with Gasteiger partial charge in [-0.05, 0) is 58.3 Å². The van der Waals surface area contributed by atoms with E-state index >= 15 is 0 Å². The molecule has 0 aliphatic carbocycles. The van der Waals surface area contributed by atoms with Crippen molar-refractivity contribution in [1.82, 2.24) is 39.8 Å². The van der Waals surface area contributed by atoms with E-state index in [0.717, 1.165) is 34.0 Å². The van der Waals surface area contributed by atoms with E-state index in [1.165, 1.54) is 70.2 Å². The van der Waals surface area contributed by atoms with Crippen molar-refractivity contribution in [1.29, 1.82) is 0 Å². The number of ether oxygens (including phenoxy) is 2. The number of esters is 2. The number of thiophene rings is 2. The minimum absolute atomic E-state index is 0.0213. The fraction of sp³-hybridized carbons (Fsp3) is 0.100. The zero-order valence-corrected chi connectivity index (χ0v) is 32.7. The van der Waals surface area contributed by atoms with Crippen LogP contribution in [0.25, 0.3) is 32.4 Å². The van der Waals surface area contributed by atoms with E-state index in [1.54, 1.807) is 12.1 Å². The van der Waals surface area contributed by atoms with Crippen molar-refractivity contribution in [2.24, 2.45) is 0 Å². The molecule has 0 aliphatic heterocycles. The van der Waals surface area contributed by atoms with Crippen molar-refractivity contribution in [2.75, 3.05) is 14.2 Å². The van der Waals surface area contributed by atoms with E-state index in [1.807, 2.05) is 35.0 Å². The lowest BCUT2D eigenvalue weighted by Gasteiger charge is -2.10. The highest BCUT2D eigenvalue weighted by atomic mass is 32.1. The second-order valence-electron chi connectivity index (χ2n) is 12.5. The number of amides is 2. The van der Waals surface area contributed by atoms with Crippen LogP contribution in [0.4, 0.5) is 17.6 Å². The van der Waals surface area contributed by atoms with Crippen LogP contribution in [0.2, 0.25) is 0 Å². The molecule has 6 aromatic heterocycles.